The minimum Gasteiger partial charge on any atom is -0.289 e. The van der Waals surface area contributed by atoms with Crippen LogP contribution < -0.4 is 0 Å². The van der Waals surface area contributed by atoms with Crippen LogP contribution in [0.25, 0.3) is 12.2 Å². The second kappa shape index (κ2) is 11.2. The van der Waals surface area contributed by atoms with Gasteiger partial charge in [-0.25, -0.2) is 0 Å². The molecule has 1 saturated heterocycles. The molecular formula is C29H34N4O. The maximum atomic E-state index is 13.4. The fraction of sp³-hybridized carbons (Fsp3) is 0.345. The fourth-order valence-electron chi connectivity index (χ4n) is 4.22. The summed E-state index contributed by atoms with van der Waals surface area (Å²) in [5.74, 6) is 0.126. The van der Waals surface area contributed by atoms with E-state index in [-0.39, 0.29) is 5.78 Å². The molecule has 5 nitrogen and oxygen atoms in total. The average Bonchev–Trinajstić information content (AvgIpc) is 3.27. The first kappa shape index (κ1) is 23.8. The molecule has 1 fully saturated rings. The number of Topliss-reactive ketones (excluding diaryl/α,β-unsaturated/α-hetero) is 1. The fourth-order valence-corrected chi connectivity index (χ4v) is 4.22. The maximum absolute atomic E-state index is 13.4. The number of hydrogen-bond acceptors (Lipinski definition) is 4. The van der Waals surface area contributed by atoms with E-state index in [2.05, 4.69) is 84.5 Å². The van der Waals surface area contributed by atoms with Gasteiger partial charge in [0, 0.05) is 43.5 Å². The molecule has 0 radical (unpaired) electrons. The predicted octanol–water partition coefficient (Wildman–Crippen LogP) is 5.64. The van der Waals surface area contributed by atoms with Crippen molar-refractivity contribution >= 4 is 17.9 Å². The van der Waals surface area contributed by atoms with Gasteiger partial charge in [-0.05, 0) is 43.5 Å². The van der Waals surface area contributed by atoms with Gasteiger partial charge in [0.05, 0.1) is 5.69 Å². The lowest BCUT2D eigenvalue weighted by atomic mass is 9.94. The van der Waals surface area contributed by atoms with E-state index in [4.69, 9.17) is 0 Å². The van der Waals surface area contributed by atoms with Crippen LogP contribution in [-0.2, 0) is 17.9 Å². The Morgan fingerprint density at radius 3 is 1.94 bits per heavy atom. The van der Waals surface area contributed by atoms with Gasteiger partial charge in [-0.1, -0.05) is 84.6 Å². The number of nitrogens with zero attached hydrogens (tertiary/aromatic N) is 4. The molecule has 0 amide bonds. The van der Waals surface area contributed by atoms with Crippen LogP contribution in [0.1, 0.15) is 54.1 Å². The number of likely N-dealkylation sites (tertiary alicyclic amines) is 1. The first-order chi connectivity index (χ1) is 16.5. The zero-order chi connectivity index (χ0) is 23.9. The van der Waals surface area contributed by atoms with Crippen LogP contribution in [0.2, 0.25) is 0 Å². The third kappa shape index (κ3) is 6.39. The van der Waals surface area contributed by atoms with Crippen molar-refractivity contribution in [2.45, 2.75) is 53.1 Å². The van der Waals surface area contributed by atoms with Gasteiger partial charge in [0.15, 0.2) is 5.78 Å². The Morgan fingerprint density at radius 2 is 1.41 bits per heavy atom. The van der Waals surface area contributed by atoms with Crippen molar-refractivity contribution in [2.24, 2.45) is 0 Å². The van der Waals surface area contributed by atoms with Crippen molar-refractivity contribution in [3.63, 3.8) is 0 Å². The number of piperidine rings is 1. The largest absolute Gasteiger partial charge is 0.289 e. The van der Waals surface area contributed by atoms with Crippen LogP contribution in [0.15, 0.2) is 65.9 Å². The second-order valence-electron chi connectivity index (χ2n) is 9.31. The zero-order valence-electron chi connectivity index (χ0n) is 20.5. The first-order valence-corrected chi connectivity index (χ1v) is 12.2. The summed E-state index contributed by atoms with van der Waals surface area (Å²) in [5.41, 5.74) is 7.07. The zero-order valence-corrected chi connectivity index (χ0v) is 20.5. The molecule has 1 aliphatic rings. The quantitative estimate of drug-likeness (QED) is 0.327. The topological polar surface area (TPSA) is 51.0 Å². The molecule has 1 aliphatic heterocycles. The van der Waals surface area contributed by atoms with Gasteiger partial charge in [-0.2, -0.15) is 0 Å². The van der Waals surface area contributed by atoms with Crippen LogP contribution in [0, 0.1) is 13.8 Å². The van der Waals surface area contributed by atoms with Crippen molar-refractivity contribution in [1.82, 2.24) is 19.9 Å². The number of aryl methyl sites for hydroxylation is 3. The lowest BCUT2D eigenvalue weighted by Gasteiger charge is -2.29. The number of unbranched alkanes of at least 4 members (excludes halogenated alkanes) is 2. The summed E-state index contributed by atoms with van der Waals surface area (Å²) in [6.45, 7) is 9.10. The number of benzene rings is 2. The van der Waals surface area contributed by atoms with Crippen molar-refractivity contribution in [3.8, 4) is 0 Å². The van der Waals surface area contributed by atoms with E-state index in [1.54, 1.807) is 0 Å². The van der Waals surface area contributed by atoms with E-state index in [1.165, 1.54) is 24.0 Å². The molecule has 2 aromatic carbocycles. The van der Waals surface area contributed by atoms with E-state index in [9.17, 15) is 4.79 Å². The highest BCUT2D eigenvalue weighted by molar-refractivity contribution is 6.14. The molecule has 34 heavy (non-hydrogen) atoms. The molecule has 176 valence electrons. The third-order valence-electron chi connectivity index (χ3n) is 6.17. The highest BCUT2D eigenvalue weighted by Crippen LogP contribution is 2.23. The first-order valence-electron chi connectivity index (χ1n) is 12.2. The predicted molar refractivity (Wildman–Crippen MR) is 138 cm³/mol. The molecule has 0 saturated carbocycles. The summed E-state index contributed by atoms with van der Waals surface area (Å²) in [4.78, 5) is 15.7. The molecule has 3 aromatic rings. The van der Waals surface area contributed by atoms with Gasteiger partial charge >= 0.3 is 0 Å². The molecule has 5 heteroatoms. The van der Waals surface area contributed by atoms with Gasteiger partial charge < -0.3 is 0 Å². The SMILES string of the molecule is CCCCCn1cc(CN2C/C(=C/c3ccc(C)cc3)C(=O)/C(=C/c3ccc(C)cc3)C2)nn1. The highest BCUT2D eigenvalue weighted by atomic mass is 16.1. The van der Waals surface area contributed by atoms with Gasteiger partial charge in [-0.15, -0.1) is 5.10 Å². The average molecular weight is 455 g/mol. The Hall–Kier alpha value is -3.31. The number of ketones is 1. The highest BCUT2D eigenvalue weighted by Gasteiger charge is 2.26. The van der Waals surface area contributed by atoms with Crippen molar-refractivity contribution in [2.75, 3.05) is 13.1 Å². The molecule has 4 rings (SSSR count). The monoisotopic (exact) mass is 454 g/mol. The number of rotatable bonds is 8. The number of carbonyl (C=O) groups excluding carboxylic acids is 1. The summed E-state index contributed by atoms with van der Waals surface area (Å²) in [6, 6.07) is 16.6. The Morgan fingerprint density at radius 1 is 0.853 bits per heavy atom. The van der Waals surface area contributed by atoms with Crippen molar-refractivity contribution in [1.29, 1.82) is 0 Å². The van der Waals surface area contributed by atoms with Crippen LogP contribution in [0.3, 0.4) is 0 Å². The van der Waals surface area contributed by atoms with Gasteiger partial charge in [-0.3, -0.25) is 14.4 Å². The van der Waals surface area contributed by atoms with E-state index < -0.39 is 0 Å². The second-order valence-corrected chi connectivity index (χ2v) is 9.31. The van der Waals surface area contributed by atoms with E-state index in [0.29, 0.717) is 19.6 Å². The number of carbonyl (C=O) groups is 1. The van der Waals surface area contributed by atoms with Gasteiger partial charge in [0.25, 0.3) is 0 Å². The van der Waals surface area contributed by atoms with E-state index in [1.807, 2.05) is 23.0 Å². The Labute approximate surface area is 202 Å². The molecule has 0 N–H and O–H groups in total. The van der Waals surface area contributed by atoms with Gasteiger partial charge in [0.1, 0.15) is 0 Å². The standard InChI is InChI=1S/C29H34N4O/c1-4-5-6-15-33-21-28(30-31-33)20-32-18-26(16-24-11-7-22(2)8-12-24)29(34)27(19-32)17-25-13-9-23(3)10-14-25/h7-14,16-17,21H,4-6,15,18-20H2,1-3H3/b26-16-,27-17+. The lowest BCUT2D eigenvalue weighted by Crippen LogP contribution is -2.37. The van der Waals surface area contributed by atoms with Gasteiger partial charge in [0.2, 0.25) is 0 Å². The van der Waals surface area contributed by atoms with Crippen LogP contribution in [-0.4, -0.2) is 38.8 Å². The van der Waals surface area contributed by atoms with Crippen LogP contribution in [0.4, 0.5) is 0 Å². The smallest absolute Gasteiger partial charge is 0.187 e. The lowest BCUT2D eigenvalue weighted by molar-refractivity contribution is -0.113. The molecular weight excluding hydrogens is 420 g/mol. The summed E-state index contributed by atoms with van der Waals surface area (Å²) < 4.78 is 1.94. The third-order valence-corrected chi connectivity index (χ3v) is 6.17. The molecule has 0 unspecified atom stereocenters. The minimum absolute atomic E-state index is 0.126. The number of aromatic nitrogens is 3. The van der Waals surface area contributed by atoms with Crippen LogP contribution in [0.5, 0.6) is 0 Å². The summed E-state index contributed by atoms with van der Waals surface area (Å²) in [6.07, 6.45) is 9.60. The van der Waals surface area contributed by atoms with E-state index >= 15 is 0 Å². The Kier molecular flexibility index (Phi) is 7.86. The molecule has 0 atom stereocenters. The summed E-state index contributed by atoms with van der Waals surface area (Å²) >= 11 is 0. The van der Waals surface area contributed by atoms with Crippen molar-refractivity contribution < 1.29 is 4.79 Å². The summed E-state index contributed by atoms with van der Waals surface area (Å²) in [5, 5.41) is 8.70. The molecule has 0 bridgehead atoms. The Bertz CT molecular complexity index is 1100. The summed E-state index contributed by atoms with van der Waals surface area (Å²) in [7, 11) is 0. The van der Waals surface area contributed by atoms with Crippen molar-refractivity contribution in [3.05, 3.63) is 93.8 Å². The Balaban J connectivity index is 1.58. The van der Waals surface area contributed by atoms with Crippen LogP contribution >= 0.6 is 0 Å². The minimum atomic E-state index is 0.126. The maximum Gasteiger partial charge on any atom is 0.187 e. The molecule has 2 heterocycles. The molecule has 0 spiro atoms. The molecule has 0 aliphatic carbocycles. The number of hydrogen-bond donors (Lipinski definition) is 0. The normalized spacial score (nSPS) is 17.1. The molecule has 1 aromatic heterocycles. The van der Waals surface area contributed by atoms with E-state index in [0.717, 1.165) is 40.9 Å².